The van der Waals surface area contributed by atoms with Crippen LogP contribution in [0.1, 0.15) is 37.9 Å². The topological polar surface area (TPSA) is 73.1 Å². The van der Waals surface area contributed by atoms with Gasteiger partial charge in [-0.05, 0) is 61.0 Å². The van der Waals surface area contributed by atoms with Gasteiger partial charge in [0.15, 0.2) is 4.80 Å². The van der Waals surface area contributed by atoms with Crippen LogP contribution in [0.25, 0.3) is 6.08 Å². The number of likely N-dealkylation sites (N-methyl/N-ethyl adjacent to an activating group) is 1. The summed E-state index contributed by atoms with van der Waals surface area (Å²) >= 11 is 8.32. The van der Waals surface area contributed by atoms with E-state index < -0.39 is 6.04 Å². The van der Waals surface area contributed by atoms with E-state index >= 15 is 0 Å². The Morgan fingerprint density at radius 2 is 1.86 bits per heavy atom. The third-order valence-electron chi connectivity index (χ3n) is 6.26. The molecule has 0 aliphatic carbocycles. The Bertz CT molecular complexity index is 1570. The summed E-state index contributed by atoms with van der Waals surface area (Å²) in [5.41, 5.74) is 2.27. The zero-order chi connectivity index (χ0) is 26.9. The Labute approximate surface area is 236 Å². The highest BCUT2D eigenvalue weighted by Gasteiger charge is 2.35. The van der Waals surface area contributed by atoms with Crippen molar-refractivity contribution in [1.29, 1.82) is 0 Å². The van der Waals surface area contributed by atoms with Gasteiger partial charge in [-0.3, -0.25) is 14.2 Å². The van der Waals surface area contributed by atoms with Gasteiger partial charge in [0.05, 0.1) is 34.5 Å². The van der Waals surface area contributed by atoms with Crippen LogP contribution in [0, 0.1) is 0 Å². The summed E-state index contributed by atoms with van der Waals surface area (Å²) in [6, 6.07) is 10.6. The zero-order valence-electron chi connectivity index (χ0n) is 21.2. The smallest absolute Gasteiger partial charge is 0.271 e. The molecule has 3 aromatic rings. The van der Waals surface area contributed by atoms with Crippen LogP contribution in [-0.4, -0.2) is 42.7 Å². The van der Waals surface area contributed by atoms with Crippen molar-refractivity contribution in [3.8, 4) is 11.5 Å². The Kier molecular flexibility index (Phi) is 8.40. The molecule has 10 heteroatoms. The Hall–Kier alpha value is -2.69. The van der Waals surface area contributed by atoms with E-state index in [-0.39, 0.29) is 11.5 Å². The van der Waals surface area contributed by atoms with Gasteiger partial charge in [0.25, 0.3) is 11.5 Å². The van der Waals surface area contributed by atoms with Crippen molar-refractivity contribution < 1.29 is 14.3 Å². The van der Waals surface area contributed by atoms with Crippen molar-refractivity contribution in [2.24, 2.45) is 4.99 Å². The molecule has 0 bridgehead atoms. The molecule has 2 aromatic carbocycles. The minimum absolute atomic E-state index is 0.144. The number of para-hydroxylation sites is 1. The molecule has 0 radical (unpaired) electrons. The first-order chi connectivity index (χ1) is 17.7. The number of methoxy groups -OCH3 is 2. The van der Waals surface area contributed by atoms with E-state index in [9.17, 15) is 9.59 Å². The molecule has 0 N–H and O–H groups in total. The van der Waals surface area contributed by atoms with E-state index in [1.54, 1.807) is 29.8 Å². The summed E-state index contributed by atoms with van der Waals surface area (Å²) in [5.74, 6) is 1.07. The zero-order valence-corrected chi connectivity index (χ0v) is 25.2. The van der Waals surface area contributed by atoms with E-state index in [0.717, 1.165) is 20.1 Å². The first kappa shape index (κ1) is 27.3. The van der Waals surface area contributed by atoms with Crippen molar-refractivity contribution in [2.75, 3.05) is 27.3 Å². The highest BCUT2D eigenvalue weighted by Crippen LogP contribution is 2.36. The molecule has 1 amide bonds. The van der Waals surface area contributed by atoms with Gasteiger partial charge in [-0.2, -0.15) is 0 Å². The average Bonchev–Trinajstić information content (AvgIpc) is 3.17. The van der Waals surface area contributed by atoms with E-state index in [4.69, 9.17) is 14.5 Å². The van der Waals surface area contributed by atoms with Crippen molar-refractivity contribution in [3.63, 3.8) is 0 Å². The number of amides is 1. The lowest BCUT2D eigenvalue weighted by molar-refractivity contribution is -0.127. The van der Waals surface area contributed by atoms with Gasteiger partial charge in [0.1, 0.15) is 17.5 Å². The van der Waals surface area contributed by atoms with Crippen LogP contribution in [-0.2, 0) is 4.79 Å². The fraction of sp³-hybridized carbons (Fsp3) is 0.296. The lowest BCUT2D eigenvalue weighted by Crippen LogP contribution is -2.43. The SMILES string of the molecule is CCN(CC)C(=O)C1=C(C)N=c2s/c(=C/c3cc(Br)cc(Br)c3OC)c(=O)n2[C@@H]1c1ccccc1OC. The Balaban J connectivity index is 2.03. The predicted octanol–water partition coefficient (Wildman–Crippen LogP) is 4.65. The predicted molar refractivity (Wildman–Crippen MR) is 153 cm³/mol. The van der Waals surface area contributed by atoms with Crippen LogP contribution < -0.4 is 24.4 Å². The molecule has 0 spiro atoms. The number of ether oxygens (including phenoxy) is 2. The van der Waals surface area contributed by atoms with Gasteiger partial charge in [-0.15, -0.1) is 0 Å². The normalized spacial score (nSPS) is 15.3. The second-order valence-corrected chi connectivity index (χ2v) is 11.1. The van der Waals surface area contributed by atoms with Crippen molar-refractivity contribution >= 4 is 55.2 Å². The lowest BCUT2D eigenvalue weighted by atomic mass is 9.94. The molecule has 4 rings (SSSR count). The van der Waals surface area contributed by atoms with Crippen LogP contribution >= 0.6 is 43.2 Å². The van der Waals surface area contributed by atoms with E-state index in [1.165, 1.54) is 11.3 Å². The van der Waals surface area contributed by atoms with Gasteiger partial charge in [0, 0.05) is 28.7 Å². The number of nitrogens with zero attached hydrogens (tertiary/aromatic N) is 3. The van der Waals surface area contributed by atoms with Crippen molar-refractivity contribution in [2.45, 2.75) is 26.8 Å². The maximum Gasteiger partial charge on any atom is 0.271 e. The van der Waals surface area contributed by atoms with Crippen LogP contribution in [0.2, 0.25) is 0 Å². The molecule has 7 nitrogen and oxygen atoms in total. The number of fused-ring (bicyclic) bond motifs is 1. The van der Waals surface area contributed by atoms with Crippen LogP contribution in [0.5, 0.6) is 11.5 Å². The van der Waals surface area contributed by atoms with Gasteiger partial charge in [-0.1, -0.05) is 45.5 Å². The van der Waals surface area contributed by atoms with E-state index in [2.05, 4.69) is 31.9 Å². The number of allylic oxidation sites excluding steroid dienone is 1. The van der Waals surface area contributed by atoms with Crippen molar-refractivity contribution in [3.05, 3.63) is 87.4 Å². The second-order valence-electron chi connectivity index (χ2n) is 8.31. The molecule has 37 heavy (non-hydrogen) atoms. The molecular formula is C27H27Br2N3O4S. The maximum absolute atomic E-state index is 14.0. The third-order valence-corrected chi connectivity index (χ3v) is 8.29. The summed E-state index contributed by atoms with van der Waals surface area (Å²) in [4.78, 5) is 34.7. The van der Waals surface area contributed by atoms with Gasteiger partial charge < -0.3 is 14.4 Å². The summed E-state index contributed by atoms with van der Waals surface area (Å²) < 4.78 is 14.9. The molecule has 194 valence electrons. The quantitative estimate of drug-likeness (QED) is 0.374. The standard InChI is InChI=1S/C27H27Br2N3O4S/c1-6-31(7-2)26(34)22-15(3)30-27-32(23(22)18-10-8-9-11-20(18)35-4)25(33)21(37-27)13-16-12-17(28)14-19(29)24(16)36-5/h8-14,23H,6-7H2,1-5H3/b21-13+/t23-/m1/s1. The Morgan fingerprint density at radius 3 is 2.51 bits per heavy atom. The number of benzene rings is 2. The molecule has 1 atom stereocenters. The fourth-order valence-electron chi connectivity index (χ4n) is 4.51. The molecular weight excluding hydrogens is 622 g/mol. The molecule has 0 saturated carbocycles. The first-order valence-corrected chi connectivity index (χ1v) is 14.1. The average molecular weight is 649 g/mol. The maximum atomic E-state index is 14.0. The number of hydrogen-bond donors (Lipinski definition) is 0. The lowest BCUT2D eigenvalue weighted by Gasteiger charge is -2.29. The number of aromatic nitrogens is 1. The third kappa shape index (κ3) is 5.06. The van der Waals surface area contributed by atoms with Crippen LogP contribution in [0.15, 0.2) is 66.4 Å². The largest absolute Gasteiger partial charge is 0.496 e. The number of thiazole rings is 1. The number of carbonyl (C=O) groups excluding carboxylic acids is 1. The molecule has 2 heterocycles. The molecule has 1 aliphatic rings. The highest BCUT2D eigenvalue weighted by atomic mass is 79.9. The van der Waals surface area contributed by atoms with Crippen LogP contribution in [0.3, 0.4) is 0 Å². The highest BCUT2D eigenvalue weighted by molar-refractivity contribution is 9.11. The molecule has 0 fully saturated rings. The second kappa shape index (κ2) is 11.4. The monoisotopic (exact) mass is 647 g/mol. The van der Waals surface area contributed by atoms with Gasteiger partial charge in [0.2, 0.25) is 0 Å². The summed E-state index contributed by atoms with van der Waals surface area (Å²) in [5, 5.41) is 0. The minimum Gasteiger partial charge on any atom is -0.496 e. The molecule has 1 aliphatic heterocycles. The summed E-state index contributed by atoms with van der Waals surface area (Å²) in [6.45, 7) is 6.80. The Morgan fingerprint density at radius 1 is 1.16 bits per heavy atom. The number of hydrogen-bond acceptors (Lipinski definition) is 6. The van der Waals surface area contributed by atoms with Gasteiger partial charge >= 0.3 is 0 Å². The van der Waals surface area contributed by atoms with Crippen LogP contribution in [0.4, 0.5) is 0 Å². The molecule has 0 saturated heterocycles. The number of halogens is 2. The summed E-state index contributed by atoms with van der Waals surface area (Å²) in [6.07, 6.45) is 1.79. The first-order valence-electron chi connectivity index (χ1n) is 11.7. The number of rotatable bonds is 7. The summed E-state index contributed by atoms with van der Waals surface area (Å²) in [7, 11) is 3.17. The molecule has 0 unspecified atom stereocenters. The number of carbonyl (C=O) groups is 1. The van der Waals surface area contributed by atoms with E-state index in [0.29, 0.717) is 45.2 Å². The van der Waals surface area contributed by atoms with E-state index in [1.807, 2.05) is 57.2 Å². The van der Waals surface area contributed by atoms with Gasteiger partial charge in [-0.25, -0.2) is 4.99 Å². The minimum atomic E-state index is -0.682. The fourth-order valence-corrected chi connectivity index (χ4v) is 6.96. The molecule has 1 aromatic heterocycles. The van der Waals surface area contributed by atoms with Crippen molar-refractivity contribution in [1.82, 2.24) is 9.47 Å².